The zero-order chi connectivity index (χ0) is 20.2. The van der Waals surface area contributed by atoms with Crippen LogP contribution in [-0.2, 0) is 0 Å². The molecule has 0 amide bonds. The normalized spacial score (nSPS) is 10.7. The first-order chi connectivity index (χ1) is 14.1. The van der Waals surface area contributed by atoms with Gasteiger partial charge in [-0.05, 0) is 62.4 Å². The zero-order valence-corrected chi connectivity index (χ0v) is 16.3. The summed E-state index contributed by atoms with van der Waals surface area (Å²) >= 11 is 0. The van der Waals surface area contributed by atoms with E-state index in [0.717, 1.165) is 33.7 Å². The van der Waals surface area contributed by atoms with E-state index in [1.54, 1.807) is 0 Å². The summed E-state index contributed by atoms with van der Waals surface area (Å²) in [4.78, 5) is 13.2. The van der Waals surface area contributed by atoms with E-state index in [1.807, 2.05) is 68.4 Å². The number of rotatable bonds is 6. The van der Waals surface area contributed by atoms with Crippen molar-refractivity contribution >= 4 is 39.6 Å². The number of nitrogens with zero attached hydrogens (tertiary/aromatic N) is 3. The Bertz CT molecular complexity index is 1140. The van der Waals surface area contributed by atoms with Crippen LogP contribution in [0, 0.1) is 6.92 Å². The van der Waals surface area contributed by atoms with Gasteiger partial charge in [-0.15, -0.1) is 0 Å². The number of aromatic nitrogens is 3. The van der Waals surface area contributed by atoms with Crippen LogP contribution in [0.1, 0.15) is 12.6 Å². The van der Waals surface area contributed by atoms with Crippen molar-refractivity contribution in [2.24, 2.45) is 0 Å². The summed E-state index contributed by atoms with van der Waals surface area (Å²) < 4.78 is 5.47. The molecule has 0 fully saturated rings. The molecular formula is C22H22N6O. The summed E-state index contributed by atoms with van der Waals surface area (Å²) in [5.41, 5.74) is 10.4. The Morgan fingerprint density at radius 1 is 0.931 bits per heavy atom. The maximum absolute atomic E-state index is 6.33. The lowest BCUT2D eigenvalue weighted by Crippen LogP contribution is -2.05. The van der Waals surface area contributed by atoms with E-state index in [9.17, 15) is 0 Å². The molecule has 0 bridgehead atoms. The number of nitrogens with two attached hydrogens (primary N) is 1. The smallest absolute Gasteiger partial charge is 0.159 e. The molecule has 4 rings (SSSR count). The minimum Gasteiger partial charge on any atom is -0.494 e. The van der Waals surface area contributed by atoms with Gasteiger partial charge in [-0.1, -0.05) is 6.07 Å². The molecule has 2 heterocycles. The van der Waals surface area contributed by atoms with Gasteiger partial charge >= 0.3 is 0 Å². The monoisotopic (exact) mass is 386 g/mol. The van der Waals surface area contributed by atoms with Crippen LogP contribution in [-0.4, -0.2) is 21.6 Å². The summed E-state index contributed by atoms with van der Waals surface area (Å²) in [6.45, 7) is 4.56. The van der Waals surface area contributed by atoms with Crippen LogP contribution in [0.5, 0.6) is 5.75 Å². The molecule has 29 heavy (non-hydrogen) atoms. The van der Waals surface area contributed by atoms with Crippen molar-refractivity contribution in [2.45, 2.75) is 13.8 Å². The number of nitrogen functional groups attached to an aromatic ring is 1. The molecule has 0 unspecified atom stereocenters. The molecule has 0 spiro atoms. The third kappa shape index (κ3) is 4.03. The zero-order valence-electron chi connectivity index (χ0n) is 16.3. The van der Waals surface area contributed by atoms with Crippen LogP contribution >= 0.6 is 0 Å². The number of hydrogen-bond donors (Lipinski definition) is 3. The highest BCUT2D eigenvalue weighted by molar-refractivity contribution is 5.94. The number of nitrogens with one attached hydrogen (secondary N) is 2. The third-order valence-corrected chi connectivity index (χ3v) is 4.44. The minimum absolute atomic E-state index is 0.429. The van der Waals surface area contributed by atoms with E-state index >= 15 is 0 Å². The fraction of sp³-hybridized carbons (Fsp3) is 0.136. The van der Waals surface area contributed by atoms with Crippen LogP contribution in [0.4, 0.5) is 28.7 Å². The second-order valence-electron chi connectivity index (χ2n) is 6.52. The summed E-state index contributed by atoms with van der Waals surface area (Å²) in [5, 5.41) is 7.54. The minimum atomic E-state index is 0.429. The molecule has 7 nitrogen and oxygen atoms in total. The van der Waals surface area contributed by atoms with Gasteiger partial charge in [-0.25, -0.2) is 9.97 Å². The molecule has 0 aliphatic rings. The lowest BCUT2D eigenvalue weighted by atomic mass is 10.1. The third-order valence-electron chi connectivity index (χ3n) is 4.44. The predicted octanol–water partition coefficient (Wildman–Crippen LogP) is 4.80. The maximum atomic E-state index is 6.33. The van der Waals surface area contributed by atoms with Crippen molar-refractivity contribution in [3.63, 3.8) is 0 Å². The molecule has 7 heteroatoms. The molecule has 0 aliphatic heterocycles. The first kappa shape index (κ1) is 18.5. The molecule has 0 radical (unpaired) electrons. The van der Waals surface area contributed by atoms with E-state index in [0.29, 0.717) is 23.9 Å². The van der Waals surface area contributed by atoms with Crippen molar-refractivity contribution in [2.75, 3.05) is 23.0 Å². The number of anilines is 5. The average Bonchev–Trinajstić information content (AvgIpc) is 2.72. The van der Waals surface area contributed by atoms with Crippen LogP contribution < -0.4 is 21.1 Å². The van der Waals surface area contributed by atoms with Crippen molar-refractivity contribution in [1.29, 1.82) is 0 Å². The van der Waals surface area contributed by atoms with Gasteiger partial charge in [-0.2, -0.15) is 0 Å². The largest absolute Gasteiger partial charge is 0.494 e. The number of pyridine rings is 1. The van der Waals surface area contributed by atoms with Crippen molar-refractivity contribution in [3.8, 4) is 5.75 Å². The Labute approximate surface area is 169 Å². The van der Waals surface area contributed by atoms with Crippen LogP contribution in [0.15, 0.2) is 60.9 Å². The van der Waals surface area contributed by atoms with E-state index in [4.69, 9.17) is 10.5 Å². The lowest BCUT2D eigenvalue weighted by Gasteiger charge is -2.14. The van der Waals surface area contributed by atoms with Gasteiger partial charge in [0, 0.05) is 22.5 Å². The second-order valence-corrected chi connectivity index (χ2v) is 6.52. The summed E-state index contributed by atoms with van der Waals surface area (Å²) in [6, 6.07) is 17.5. The first-order valence-corrected chi connectivity index (χ1v) is 9.38. The highest BCUT2D eigenvalue weighted by Gasteiger charge is 2.11. The molecule has 0 saturated heterocycles. The fourth-order valence-corrected chi connectivity index (χ4v) is 3.03. The molecule has 0 atom stereocenters. The highest BCUT2D eigenvalue weighted by Crippen LogP contribution is 2.31. The van der Waals surface area contributed by atoms with E-state index in [-0.39, 0.29) is 0 Å². The molecule has 4 aromatic rings. The Morgan fingerprint density at radius 3 is 2.45 bits per heavy atom. The van der Waals surface area contributed by atoms with Gasteiger partial charge in [0.1, 0.15) is 17.8 Å². The fourth-order valence-electron chi connectivity index (χ4n) is 3.03. The predicted molar refractivity (Wildman–Crippen MR) is 117 cm³/mol. The second kappa shape index (κ2) is 8.02. The van der Waals surface area contributed by atoms with E-state index < -0.39 is 0 Å². The number of fused-ring (bicyclic) bond motifs is 1. The lowest BCUT2D eigenvalue weighted by molar-refractivity contribution is 0.340. The van der Waals surface area contributed by atoms with Gasteiger partial charge in [0.05, 0.1) is 12.1 Å². The molecule has 2 aromatic carbocycles. The number of hydrogen-bond acceptors (Lipinski definition) is 7. The Kier molecular flexibility index (Phi) is 5.11. The quantitative estimate of drug-likeness (QED) is 0.438. The summed E-state index contributed by atoms with van der Waals surface area (Å²) in [6.07, 6.45) is 1.48. The standard InChI is InChI=1S/C22H22N6O/c1-3-29-16-10-8-15(9-11-16)27-21-20(23)22(25-13-24-21)28-19-6-4-5-18-17(19)12-7-14(2)26-18/h4-13H,3,23H2,1-2H3,(H2,24,25,27,28). The van der Waals surface area contributed by atoms with Gasteiger partial charge in [0.2, 0.25) is 0 Å². The molecule has 0 aliphatic carbocycles. The van der Waals surface area contributed by atoms with Crippen LogP contribution in [0.2, 0.25) is 0 Å². The molecular weight excluding hydrogens is 364 g/mol. The van der Waals surface area contributed by atoms with E-state index in [1.165, 1.54) is 6.33 Å². The Hall–Kier alpha value is -3.87. The average molecular weight is 386 g/mol. The van der Waals surface area contributed by atoms with Gasteiger partial charge in [0.15, 0.2) is 11.6 Å². The number of benzene rings is 2. The SMILES string of the molecule is CCOc1ccc(Nc2ncnc(Nc3cccc4nc(C)ccc34)c2N)cc1. The van der Waals surface area contributed by atoms with Gasteiger partial charge < -0.3 is 21.1 Å². The van der Waals surface area contributed by atoms with Crippen LogP contribution in [0.3, 0.4) is 0 Å². The molecule has 146 valence electrons. The topological polar surface area (TPSA) is 98.0 Å². The summed E-state index contributed by atoms with van der Waals surface area (Å²) in [7, 11) is 0. The summed E-state index contributed by atoms with van der Waals surface area (Å²) in [5.74, 6) is 1.87. The number of ether oxygens (including phenoxy) is 1. The highest BCUT2D eigenvalue weighted by atomic mass is 16.5. The number of aryl methyl sites for hydroxylation is 1. The molecule has 4 N–H and O–H groups in total. The van der Waals surface area contributed by atoms with Crippen molar-refractivity contribution < 1.29 is 4.74 Å². The molecule has 2 aromatic heterocycles. The van der Waals surface area contributed by atoms with Crippen molar-refractivity contribution in [1.82, 2.24) is 15.0 Å². The van der Waals surface area contributed by atoms with E-state index in [2.05, 4.69) is 25.6 Å². The Balaban J connectivity index is 1.60. The van der Waals surface area contributed by atoms with Crippen molar-refractivity contribution in [3.05, 3.63) is 66.6 Å². The van der Waals surface area contributed by atoms with Gasteiger partial charge in [0.25, 0.3) is 0 Å². The maximum Gasteiger partial charge on any atom is 0.159 e. The first-order valence-electron chi connectivity index (χ1n) is 9.38. The molecule has 0 saturated carbocycles. The van der Waals surface area contributed by atoms with Gasteiger partial charge in [-0.3, -0.25) is 4.98 Å². The van der Waals surface area contributed by atoms with Crippen LogP contribution in [0.25, 0.3) is 10.9 Å². The Morgan fingerprint density at radius 2 is 1.69 bits per heavy atom.